The van der Waals surface area contributed by atoms with Gasteiger partial charge in [-0.3, -0.25) is 5.10 Å². The predicted octanol–water partition coefficient (Wildman–Crippen LogP) is 0.815. The maximum absolute atomic E-state index is 4.25. The normalized spacial score (nSPS) is 22.4. The molecule has 0 aliphatic carbocycles. The molecule has 13 heavy (non-hydrogen) atoms. The molecule has 1 saturated heterocycles. The van der Waals surface area contributed by atoms with Crippen molar-refractivity contribution in [3.8, 4) is 0 Å². The van der Waals surface area contributed by atoms with Crippen molar-refractivity contribution >= 4 is 11.8 Å². The maximum Gasteiger partial charge on any atom is 0.208 e. The summed E-state index contributed by atoms with van der Waals surface area (Å²) in [5, 5.41) is 11.2. The topological polar surface area (TPSA) is 53.6 Å². The Bertz CT molecular complexity index is 267. The highest BCUT2D eigenvalue weighted by Crippen LogP contribution is 2.19. The number of nitrogens with one attached hydrogen (secondary N) is 2. The van der Waals surface area contributed by atoms with E-state index in [4.69, 9.17) is 0 Å². The van der Waals surface area contributed by atoms with Crippen LogP contribution in [0.25, 0.3) is 0 Å². The van der Waals surface area contributed by atoms with Gasteiger partial charge in [0.25, 0.3) is 0 Å². The number of hydrogen-bond acceptors (Lipinski definition) is 4. The molecule has 1 aliphatic heterocycles. The van der Waals surface area contributed by atoms with Gasteiger partial charge in [-0.1, -0.05) is 11.8 Å². The number of nitrogens with zero attached hydrogens (tertiary/aromatic N) is 2. The van der Waals surface area contributed by atoms with Gasteiger partial charge in [0.1, 0.15) is 5.82 Å². The Labute approximate surface area is 81.9 Å². The molecule has 1 aliphatic rings. The van der Waals surface area contributed by atoms with Crippen LogP contribution >= 0.6 is 11.8 Å². The Morgan fingerprint density at radius 1 is 1.62 bits per heavy atom. The van der Waals surface area contributed by atoms with Gasteiger partial charge in [0, 0.05) is 5.75 Å². The quantitative estimate of drug-likeness (QED) is 0.706. The van der Waals surface area contributed by atoms with E-state index < -0.39 is 0 Å². The van der Waals surface area contributed by atoms with E-state index in [9.17, 15) is 0 Å². The number of hydrogen-bond donors (Lipinski definition) is 2. The molecule has 72 valence electrons. The Hall–Kier alpha value is -0.550. The summed E-state index contributed by atoms with van der Waals surface area (Å²) in [6, 6.07) is 0. The van der Waals surface area contributed by atoms with Crippen LogP contribution in [0, 0.1) is 12.8 Å². The first kappa shape index (κ1) is 9.02. The van der Waals surface area contributed by atoms with Gasteiger partial charge in [-0.15, -0.1) is 5.10 Å². The van der Waals surface area contributed by atoms with E-state index in [2.05, 4.69) is 20.5 Å². The van der Waals surface area contributed by atoms with Crippen LogP contribution in [0.1, 0.15) is 12.2 Å². The van der Waals surface area contributed by atoms with Crippen LogP contribution in [0.3, 0.4) is 0 Å². The highest BCUT2D eigenvalue weighted by atomic mass is 32.2. The van der Waals surface area contributed by atoms with E-state index >= 15 is 0 Å². The fraction of sp³-hybridized carbons (Fsp3) is 0.750. The van der Waals surface area contributed by atoms with Crippen LogP contribution < -0.4 is 5.32 Å². The summed E-state index contributed by atoms with van der Waals surface area (Å²) in [5.41, 5.74) is 0. The van der Waals surface area contributed by atoms with Crippen LogP contribution in [-0.4, -0.2) is 34.0 Å². The molecule has 1 unspecified atom stereocenters. The lowest BCUT2D eigenvalue weighted by molar-refractivity contribution is 0.661. The van der Waals surface area contributed by atoms with Crippen LogP contribution in [0.5, 0.6) is 0 Å². The van der Waals surface area contributed by atoms with Crippen molar-refractivity contribution in [3.63, 3.8) is 0 Å². The molecule has 2 N–H and O–H groups in total. The van der Waals surface area contributed by atoms with Crippen molar-refractivity contribution in [1.82, 2.24) is 20.5 Å². The molecule has 0 aromatic carbocycles. The summed E-state index contributed by atoms with van der Waals surface area (Å²) < 4.78 is 0. The minimum absolute atomic E-state index is 0.795. The van der Waals surface area contributed by atoms with Crippen molar-refractivity contribution in [2.45, 2.75) is 18.5 Å². The molecule has 0 radical (unpaired) electrons. The largest absolute Gasteiger partial charge is 0.316 e. The molecule has 0 spiro atoms. The molecule has 1 fully saturated rings. The van der Waals surface area contributed by atoms with Gasteiger partial charge < -0.3 is 5.32 Å². The molecule has 2 heterocycles. The average Bonchev–Trinajstić information content (AvgIpc) is 2.71. The van der Waals surface area contributed by atoms with Gasteiger partial charge in [-0.05, 0) is 32.4 Å². The molecular weight excluding hydrogens is 184 g/mol. The monoisotopic (exact) mass is 198 g/mol. The standard InChI is InChI=1S/C8H14N4S/c1-6-10-8(12-11-6)13-5-7-2-3-9-4-7/h7,9H,2-5H2,1H3,(H,10,11,12). The summed E-state index contributed by atoms with van der Waals surface area (Å²) in [5.74, 6) is 2.82. The zero-order valence-corrected chi connectivity index (χ0v) is 8.52. The Balaban J connectivity index is 1.78. The first-order valence-electron chi connectivity index (χ1n) is 4.57. The van der Waals surface area contributed by atoms with E-state index in [1.807, 2.05) is 6.92 Å². The summed E-state index contributed by atoms with van der Waals surface area (Å²) in [4.78, 5) is 4.25. The van der Waals surface area contributed by atoms with Crippen molar-refractivity contribution in [3.05, 3.63) is 5.82 Å². The molecule has 1 aromatic rings. The van der Waals surface area contributed by atoms with E-state index in [-0.39, 0.29) is 0 Å². The van der Waals surface area contributed by atoms with Gasteiger partial charge in [0.15, 0.2) is 0 Å². The second kappa shape index (κ2) is 4.11. The number of aromatic nitrogens is 3. The molecule has 4 nitrogen and oxygen atoms in total. The Morgan fingerprint density at radius 2 is 2.54 bits per heavy atom. The van der Waals surface area contributed by atoms with Crippen LogP contribution in [-0.2, 0) is 0 Å². The van der Waals surface area contributed by atoms with Crippen LogP contribution in [0.4, 0.5) is 0 Å². The first-order chi connectivity index (χ1) is 6.34. The minimum Gasteiger partial charge on any atom is -0.316 e. The number of rotatable bonds is 3. The number of aryl methyl sites for hydroxylation is 1. The Kier molecular flexibility index (Phi) is 2.85. The van der Waals surface area contributed by atoms with Gasteiger partial charge in [0.2, 0.25) is 5.16 Å². The average molecular weight is 198 g/mol. The highest BCUT2D eigenvalue weighted by Gasteiger charge is 2.15. The second-order valence-corrected chi connectivity index (χ2v) is 4.36. The third kappa shape index (κ3) is 2.45. The summed E-state index contributed by atoms with van der Waals surface area (Å²) in [6.07, 6.45) is 1.29. The predicted molar refractivity (Wildman–Crippen MR) is 52.8 cm³/mol. The molecular formula is C8H14N4S. The summed E-state index contributed by atoms with van der Waals surface area (Å²) in [7, 11) is 0. The minimum atomic E-state index is 0.795. The van der Waals surface area contributed by atoms with Crippen molar-refractivity contribution in [2.24, 2.45) is 5.92 Å². The van der Waals surface area contributed by atoms with Gasteiger partial charge in [-0.2, -0.15) is 0 Å². The summed E-state index contributed by atoms with van der Waals surface area (Å²) in [6.45, 7) is 4.24. The van der Waals surface area contributed by atoms with Gasteiger partial charge in [0.05, 0.1) is 0 Å². The van der Waals surface area contributed by atoms with Crippen molar-refractivity contribution in [1.29, 1.82) is 0 Å². The maximum atomic E-state index is 4.25. The molecule has 0 amide bonds. The second-order valence-electron chi connectivity index (χ2n) is 3.37. The van der Waals surface area contributed by atoms with E-state index in [1.165, 1.54) is 6.42 Å². The van der Waals surface area contributed by atoms with E-state index in [0.717, 1.165) is 35.7 Å². The zero-order chi connectivity index (χ0) is 9.10. The molecule has 1 aromatic heterocycles. The SMILES string of the molecule is Cc1nc(SCC2CCNC2)n[nH]1. The Morgan fingerprint density at radius 3 is 3.15 bits per heavy atom. The lowest BCUT2D eigenvalue weighted by Gasteiger charge is -2.03. The zero-order valence-electron chi connectivity index (χ0n) is 7.71. The third-order valence-electron chi connectivity index (χ3n) is 2.19. The number of H-pyrrole nitrogens is 1. The molecule has 2 rings (SSSR count). The fourth-order valence-corrected chi connectivity index (χ4v) is 2.42. The lowest BCUT2D eigenvalue weighted by atomic mass is 10.2. The van der Waals surface area contributed by atoms with Crippen LogP contribution in [0.2, 0.25) is 0 Å². The first-order valence-corrected chi connectivity index (χ1v) is 5.55. The van der Waals surface area contributed by atoms with Gasteiger partial charge >= 0.3 is 0 Å². The van der Waals surface area contributed by atoms with E-state index in [0.29, 0.717) is 0 Å². The fourth-order valence-electron chi connectivity index (χ4n) is 1.44. The highest BCUT2D eigenvalue weighted by molar-refractivity contribution is 7.99. The number of aromatic amines is 1. The summed E-state index contributed by atoms with van der Waals surface area (Å²) >= 11 is 1.75. The smallest absolute Gasteiger partial charge is 0.208 e. The van der Waals surface area contributed by atoms with Crippen LogP contribution in [0.15, 0.2) is 5.16 Å². The molecule has 0 saturated carbocycles. The number of thioether (sulfide) groups is 1. The molecule has 1 atom stereocenters. The van der Waals surface area contributed by atoms with Crippen molar-refractivity contribution in [2.75, 3.05) is 18.8 Å². The lowest BCUT2D eigenvalue weighted by Crippen LogP contribution is -2.10. The van der Waals surface area contributed by atoms with E-state index in [1.54, 1.807) is 11.8 Å². The molecule has 0 bridgehead atoms. The van der Waals surface area contributed by atoms with Crippen molar-refractivity contribution < 1.29 is 0 Å². The third-order valence-corrected chi connectivity index (χ3v) is 3.27. The molecule has 5 heteroatoms. The van der Waals surface area contributed by atoms with Gasteiger partial charge in [-0.25, -0.2) is 4.98 Å².